The smallest absolute Gasteiger partial charge is 0.220 e. The minimum atomic E-state index is -0.0790. The van der Waals surface area contributed by atoms with Crippen LogP contribution >= 0.6 is 0 Å². The van der Waals surface area contributed by atoms with E-state index in [-0.39, 0.29) is 17.5 Å². The van der Waals surface area contributed by atoms with Gasteiger partial charge in [-0.15, -0.1) is 0 Å². The number of hydrogen-bond acceptors (Lipinski definition) is 6. The Labute approximate surface area is 170 Å². The van der Waals surface area contributed by atoms with Gasteiger partial charge in [-0.25, -0.2) is 9.97 Å². The normalized spacial score (nSPS) is 14.0. The van der Waals surface area contributed by atoms with Crippen molar-refractivity contribution in [3.63, 3.8) is 0 Å². The molecule has 0 unspecified atom stereocenters. The fourth-order valence-corrected chi connectivity index (χ4v) is 3.77. The first-order valence-electron chi connectivity index (χ1n) is 9.85. The number of benzene rings is 2. The molecule has 1 saturated heterocycles. The van der Waals surface area contributed by atoms with Gasteiger partial charge < -0.3 is 15.7 Å². The summed E-state index contributed by atoms with van der Waals surface area (Å²) in [6, 6.07) is 12.5. The molecule has 0 atom stereocenters. The van der Waals surface area contributed by atoms with Crippen molar-refractivity contribution in [1.29, 1.82) is 0 Å². The molecule has 3 N–H and O–H groups in total. The molecule has 1 aliphatic heterocycles. The van der Waals surface area contributed by atoms with Crippen LogP contribution in [0.5, 0.6) is 5.75 Å². The summed E-state index contributed by atoms with van der Waals surface area (Å²) in [4.78, 5) is 23.7. The van der Waals surface area contributed by atoms with Crippen molar-refractivity contribution in [2.24, 2.45) is 0 Å². The number of aromatic hydroxyl groups is 1. The van der Waals surface area contributed by atoms with Gasteiger partial charge in [0.2, 0.25) is 5.95 Å². The average Bonchev–Trinajstić information content (AvgIpc) is 2.74. The zero-order chi connectivity index (χ0) is 20.4. The van der Waals surface area contributed by atoms with E-state index < -0.39 is 0 Å². The quantitative estimate of drug-likeness (QED) is 0.657. The van der Waals surface area contributed by atoms with Crippen LogP contribution in [0.3, 0.4) is 0 Å². The average molecular weight is 388 g/mol. The number of nitrogen functional groups attached to an aromatic ring is 1. The Bertz CT molecular complexity index is 1060. The predicted molar refractivity (Wildman–Crippen MR) is 114 cm³/mol. The monoisotopic (exact) mass is 388 g/mol. The summed E-state index contributed by atoms with van der Waals surface area (Å²) < 4.78 is 0. The standard InChI is InChI=1S/C23H24N4O2/c1-15-5-7-17(27-11-3-2-4-12-27)14-18(15)22(29)16-6-8-21(28)19(13-16)20-9-10-25-23(24)26-20/h5-10,13-14,28H,2-4,11-12H2,1H3,(H2,24,25,26). The second-order valence-electron chi connectivity index (χ2n) is 7.41. The third kappa shape index (κ3) is 3.92. The van der Waals surface area contributed by atoms with Crippen molar-refractivity contribution in [3.8, 4) is 17.0 Å². The Hall–Kier alpha value is -3.41. The van der Waals surface area contributed by atoms with Crippen LogP contribution in [0.1, 0.15) is 40.7 Å². The largest absolute Gasteiger partial charge is 0.507 e. The molecule has 0 amide bonds. The summed E-state index contributed by atoms with van der Waals surface area (Å²) in [5.74, 6) is 0.0757. The second kappa shape index (κ2) is 7.91. The van der Waals surface area contributed by atoms with Crippen LogP contribution in [-0.4, -0.2) is 33.9 Å². The molecule has 1 fully saturated rings. The number of aryl methyl sites for hydroxylation is 1. The van der Waals surface area contributed by atoms with Gasteiger partial charge in [0.05, 0.1) is 5.69 Å². The fourth-order valence-electron chi connectivity index (χ4n) is 3.77. The number of hydrogen-bond donors (Lipinski definition) is 2. The third-order valence-corrected chi connectivity index (χ3v) is 5.40. The fraction of sp³-hybridized carbons (Fsp3) is 0.261. The number of phenols is 1. The molecule has 0 spiro atoms. The highest BCUT2D eigenvalue weighted by Crippen LogP contribution is 2.31. The lowest BCUT2D eigenvalue weighted by Crippen LogP contribution is -2.29. The van der Waals surface area contributed by atoms with Gasteiger partial charge in [0.15, 0.2) is 5.78 Å². The molecule has 0 radical (unpaired) electrons. The van der Waals surface area contributed by atoms with E-state index in [1.165, 1.54) is 31.5 Å². The van der Waals surface area contributed by atoms with E-state index in [1.54, 1.807) is 18.2 Å². The van der Waals surface area contributed by atoms with E-state index in [0.717, 1.165) is 24.3 Å². The van der Waals surface area contributed by atoms with Crippen LogP contribution in [0.4, 0.5) is 11.6 Å². The van der Waals surface area contributed by atoms with Crippen LogP contribution in [-0.2, 0) is 0 Å². The third-order valence-electron chi connectivity index (χ3n) is 5.40. The maximum absolute atomic E-state index is 13.3. The van der Waals surface area contributed by atoms with Gasteiger partial charge in [-0.05, 0) is 68.1 Å². The van der Waals surface area contributed by atoms with Gasteiger partial charge >= 0.3 is 0 Å². The molecule has 0 bridgehead atoms. The molecule has 3 aromatic rings. The number of phenolic OH excluding ortho intramolecular Hbond substituents is 1. The number of rotatable bonds is 4. The molecule has 29 heavy (non-hydrogen) atoms. The maximum atomic E-state index is 13.3. The number of piperidine rings is 1. The van der Waals surface area contributed by atoms with Crippen LogP contribution in [0.15, 0.2) is 48.7 Å². The van der Waals surface area contributed by atoms with Crippen molar-refractivity contribution in [1.82, 2.24) is 9.97 Å². The van der Waals surface area contributed by atoms with E-state index >= 15 is 0 Å². The van der Waals surface area contributed by atoms with Gasteiger partial charge in [-0.3, -0.25) is 4.79 Å². The minimum absolute atomic E-state index is 0.0402. The molecule has 1 aliphatic rings. The van der Waals surface area contributed by atoms with E-state index in [4.69, 9.17) is 5.73 Å². The molecule has 4 rings (SSSR count). The number of ketones is 1. The van der Waals surface area contributed by atoms with Crippen molar-refractivity contribution >= 4 is 17.4 Å². The Morgan fingerprint density at radius 2 is 1.86 bits per heavy atom. The molecular weight excluding hydrogens is 364 g/mol. The first-order chi connectivity index (χ1) is 14.0. The van der Waals surface area contributed by atoms with Crippen LogP contribution in [0.2, 0.25) is 0 Å². The van der Waals surface area contributed by atoms with E-state index in [9.17, 15) is 9.90 Å². The van der Waals surface area contributed by atoms with Crippen molar-refractivity contribution < 1.29 is 9.90 Å². The zero-order valence-corrected chi connectivity index (χ0v) is 16.4. The van der Waals surface area contributed by atoms with E-state index in [0.29, 0.717) is 22.4 Å². The molecule has 2 aromatic carbocycles. The lowest BCUT2D eigenvalue weighted by Gasteiger charge is -2.29. The van der Waals surface area contributed by atoms with Crippen molar-refractivity contribution in [2.75, 3.05) is 23.7 Å². The van der Waals surface area contributed by atoms with Gasteiger partial charge in [0, 0.05) is 41.7 Å². The Morgan fingerprint density at radius 3 is 2.62 bits per heavy atom. The first kappa shape index (κ1) is 18.9. The molecule has 0 aliphatic carbocycles. The zero-order valence-electron chi connectivity index (χ0n) is 16.4. The number of nitrogens with two attached hydrogens (primary N) is 1. The summed E-state index contributed by atoms with van der Waals surface area (Å²) in [5, 5.41) is 10.3. The first-order valence-corrected chi connectivity index (χ1v) is 9.85. The molecular formula is C23H24N4O2. The molecule has 6 nitrogen and oxygen atoms in total. The number of carbonyl (C=O) groups is 1. The van der Waals surface area contributed by atoms with E-state index in [1.807, 2.05) is 19.1 Å². The van der Waals surface area contributed by atoms with Crippen molar-refractivity contribution in [2.45, 2.75) is 26.2 Å². The Morgan fingerprint density at radius 1 is 1.07 bits per heavy atom. The summed E-state index contributed by atoms with van der Waals surface area (Å²) in [6.07, 6.45) is 5.15. The van der Waals surface area contributed by atoms with E-state index in [2.05, 4.69) is 20.9 Å². The number of nitrogens with zero attached hydrogens (tertiary/aromatic N) is 3. The van der Waals surface area contributed by atoms with Crippen LogP contribution in [0.25, 0.3) is 11.3 Å². The molecule has 2 heterocycles. The second-order valence-corrected chi connectivity index (χ2v) is 7.41. The maximum Gasteiger partial charge on any atom is 0.220 e. The summed E-state index contributed by atoms with van der Waals surface area (Å²) in [5.41, 5.74) is 9.78. The van der Waals surface area contributed by atoms with Crippen LogP contribution < -0.4 is 10.6 Å². The highest BCUT2D eigenvalue weighted by atomic mass is 16.3. The Kier molecular flexibility index (Phi) is 5.16. The number of anilines is 2. The Balaban J connectivity index is 1.70. The summed E-state index contributed by atoms with van der Waals surface area (Å²) in [7, 11) is 0. The van der Waals surface area contributed by atoms with Crippen LogP contribution in [0, 0.1) is 6.92 Å². The van der Waals surface area contributed by atoms with Gasteiger partial charge in [-0.2, -0.15) is 0 Å². The molecule has 6 heteroatoms. The lowest BCUT2D eigenvalue weighted by atomic mass is 9.95. The number of aromatic nitrogens is 2. The predicted octanol–water partition coefficient (Wildman–Crippen LogP) is 3.96. The minimum Gasteiger partial charge on any atom is -0.507 e. The highest BCUT2D eigenvalue weighted by Gasteiger charge is 2.18. The van der Waals surface area contributed by atoms with Crippen molar-refractivity contribution in [3.05, 3.63) is 65.4 Å². The summed E-state index contributed by atoms with van der Waals surface area (Å²) >= 11 is 0. The van der Waals surface area contributed by atoms with Gasteiger partial charge in [-0.1, -0.05) is 6.07 Å². The lowest BCUT2D eigenvalue weighted by molar-refractivity contribution is 0.103. The molecule has 1 aromatic heterocycles. The SMILES string of the molecule is Cc1ccc(N2CCCCC2)cc1C(=O)c1ccc(O)c(-c2ccnc(N)n2)c1. The van der Waals surface area contributed by atoms with Gasteiger partial charge in [0.1, 0.15) is 5.75 Å². The highest BCUT2D eigenvalue weighted by molar-refractivity contribution is 6.11. The van der Waals surface area contributed by atoms with Gasteiger partial charge in [0.25, 0.3) is 0 Å². The topological polar surface area (TPSA) is 92.3 Å². The number of carbonyl (C=O) groups excluding carboxylic acids is 1. The molecule has 0 saturated carbocycles. The summed E-state index contributed by atoms with van der Waals surface area (Å²) in [6.45, 7) is 3.99. The molecule has 148 valence electrons.